The molecule has 3 aliphatic heterocycles. The van der Waals surface area contributed by atoms with Crippen LogP contribution in [-0.4, -0.2) is 81.4 Å². The molecular formula is C35H48N8O. The Kier molecular flexibility index (Phi) is 10.0. The molecule has 2 aromatic heterocycles. The number of benzene rings is 2. The van der Waals surface area contributed by atoms with Crippen LogP contribution in [0.4, 0.5) is 5.82 Å². The second-order valence-corrected chi connectivity index (χ2v) is 12.2. The molecule has 2 aromatic carbocycles. The third-order valence-corrected chi connectivity index (χ3v) is 9.52. The Morgan fingerprint density at radius 1 is 0.795 bits per heavy atom. The first-order chi connectivity index (χ1) is 21.7. The molecular weight excluding hydrogens is 548 g/mol. The van der Waals surface area contributed by atoms with Gasteiger partial charge in [-0.15, -0.1) is 0 Å². The van der Waals surface area contributed by atoms with Crippen molar-refractivity contribution in [2.24, 2.45) is 5.92 Å². The standard InChI is InChI=1S/C33H42N8O.C2H6/c34-32-30-31(25-6-8-29(9-7-25)42-28-4-2-1-3-5-28)38-41(33(30)37-23-36-32)27-14-20-40(21-15-27)26-12-18-39(19-13-26)22-24-10-16-35-17-11-24;1-2/h1-9,23-24,26-27,35H,10-22H2,(H2,34,36,37);1-2H3. The number of fused-ring (bicyclic) bond motifs is 1. The molecule has 44 heavy (non-hydrogen) atoms. The first-order valence-electron chi connectivity index (χ1n) is 16.7. The lowest BCUT2D eigenvalue weighted by Crippen LogP contribution is -2.49. The largest absolute Gasteiger partial charge is 0.457 e. The summed E-state index contributed by atoms with van der Waals surface area (Å²) >= 11 is 0. The maximum absolute atomic E-state index is 6.41. The van der Waals surface area contributed by atoms with Gasteiger partial charge in [0.15, 0.2) is 5.65 Å². The molecule has 0 aliphatic carbocycles. The van der Waals surface area contributed by atoms with Crippen molar-refractivity contribution in [1.82, 2.24) is 34.9 Å². The Morgan fingerprint density at radius 3 is 2.16 bits per heavy atom. The highest BCUT2D eigenvalue weighted by Gasteiger charge is 2.31. The number of aromatic nitrogens is 4. The predicted octanol–water partition coefficient (Wildman–Crippen LogP) is 5.99. The summed E-state index contributed by atoms with van der Waals surface area (Å²) in [6, 6.07) is 18.8. The minimum atomic E-state index is 0.299. The molecule has 0 unspecified atom stereocenters. The van der Waals surface area contributed by atoms with Crippen molar-refractivity contribution in [3.63, 3.8) is 0 Å². The molecule has 0 bridgehead atoms. The fraction of sp³-hybridized carbons (Fsp3) is 0.514. The SMILES string of the molecule is CC.Nc1ncnc2c1c(-c1ccc(Oc3ccccc3)cc1)nn2C1CCN(C2CCN(CC3CCNCC3)CC2)CC1. The summed E-state index contributed by atoms with van der Waals surface area (Å²) in [5.41, 5.74) is 9.05. The fourth-order valence-electron chi connectivity index (χ4n) is 7.15. The normalized spacial score (nSPS) is 19.5. The van der Waals surface area contributed by atoms with Gasteiger partial charge in [0, 0.05) is 31.2 Å². The number of para-hydroxylation sites is 1. The smallest absolute Gasteiger partial charge is 0.164 e. The molecule has 234 valence electrons. The monoisotopic (exact) mass is 596 g/mol. The first kappa shape index (κ1) is 30.5. The van der Waals surface area contributed by atoms with E-state index in [-0.39, 0.29) is 0 Å². The van der Waals surface area contributed by atoms with Crippen molar-refractivity contribution in [3.8, 4) is 22.8 Å². The van der Waals surface area contributed by atoms with Gasteiger partial charge in [0.2, 0.25) is 0 Å². The predicted molar refractivity (Wildman–Crippen MR) is 178 cm³/mol. The van der Waals surface area contributed by atoms with Gasteiger partial charge in [-0.1, -0.05) is 32.0 Å². The van der Waals surface area contributed by atoms with Crippen molar-refractivity contribution in [2.75, 3.05) is 51.5 Å². The van der Waals surface area contributed by atoms with Crippen molar-refractivity contribution < 1.29 is 4.74 Å². The molecule has 4 aromatic rings. The molecule has 3 fully saturated rings. The minimum absolute atomic E-state index is 0.299. The van der Waals surface area contributed by atoms with Crippen molar-refractivity contribution in [2.45, 2.75) is 64.5 Å². The lowest BCUT2D eigenvalue weighted by molar-refractivity contribution is 0.0702. The second-order valence-electron chi connectivity index (χ2n) is 12.2. The average molecular weight is 597 g/mol. The summed E-state index contributed by atoms with van der Waals surface area (Å²) in [6.45, 7) is 12.4. The van der Waals surface area contributed by atoms with Crippen molar-refractivity contribution in [1.29, 1.82) is 0 Å². The van der Waals surface area contributed by atoms with Gasteiger partial charge in [-0.2, -0.15) is 5.10 Å². The van der Waals surface area contributed by atoms with E-state index in [1.807, 2.05) is 68.4 Å². The summed E-state index contributed by atoms with van der Waals surface area (Å²) in [5.74, 6) is 2.94. The Bertz CT molecular complexity index is 1450. The molecule has 9 heteroatoms. The summed E-state index contributed by atoms with van der Waals surface area (Å²) in [7, 11) is 0. The number of hydrogen-bond acceptors (Lipinski definition) is 8. The quantitative estimate of drug-likeness (QED) is 0.268. The van der Waals surface area contributed by atoms with Crippen LogP contribution < -0.4 is 15.8 Å². The summed E-state index contributed by atoms with van der Waals surface area (Å²) in [4.78, 5) is 14.4. The van der Waals surface area contributed by atoms with Crippen LogP contribution in [0.25, 0.3) is 22.3 Å². The van der Waals surface area contributed by atoms with Gasteiger partial charge in [-0.05, 0) is 107 Å². The number of nitrogens with one attached hydrogen (secondary N) is 1. The number of nitrogens with two attached hydrogens (primary N) is 1. The molecule has 3 saturated heterocycles. The first-order valence-corrected chi connectivity index (χ1v) is 16.7. The number of hydrogen-bond donors (Lipinski definition) is 2. The van der Waals surface area contributed by atoms with Crippen LogP contribution in [0.1, 0.15) is 58.4 Å². The third-order valence-electron chi connectivity index (χ3n) is 9.52. The van der Waals surface area contributed by atoms with Gasteiger partial charge in [0.05, 0.1) is 11.4 Å². The lowest BCUT2D eigenvalue weighted by atomic mass is 9.94. The maximum Gasteiger partial charge on any atom is 0.164 e. The van der Waals surface area contributed by atoms with Gasteiger partial charge in [-0.3, -0.25) is 0 Å². The van der Waals surface area contributed by atoms with E-state index < -0.39 is 0 Å². The molecule has 0 atom stereocenters. The zero-order valence-corrected chi connectivity index (χ0v) is 26.4. The molecule has 0 saturated carbocycles. The van der Waals surface area contributed by atoms with Crippen LogP contribution in [0.2, 0.25) is 0 Å². The van der Waals surface area contributed by atoms with Crippen LogP contribution in [0.15, 0.2) is 60.9 Å². The number of ether oxygens (including phenoxy) is 1. The van der Waals surface area contributed by atoms with E-state index in [9.17, 15) is 0 Å². The number of rotatable bonds is 7. The minimum Gasteiger partial charge on any atom is -0.457 e. The fourth-order valence-corrected chi connectivity index (χ4v) is 7.15. The van der Waals surface area contributed by atoms with E-state index in [4.69, 9.17) is 15.6 Å². The zero-order chi connectivity index (χ0) is 30.3. The number of nitrogen functional groups attached to an aromatic ring is 1. The Balaban J connectivity index is 0.00000168. The molecule has 3 aliphatic rings. The molecule has 0 spiro atoms. The second kappa shape index (κ2) is 14.5. The van der Waals surface area contributed by atoms with Crippen LogP contribution in [0.3, 0.4) is 0 Å². The highest BCUT2D eigenvalue weighted by Crippen LogP contribution is 2.36. The van der Waals surface area contributed by atoms with Gasteiger partial charge in [0.25, 0.3) is 0 Å². The highest BCUT2D eigenvalue weighted by atomic mass is 16.5. The lowest BCUT2D eigenvalue weighted by Gasteiger charge is -2.42. The van der Waals surface area contributed by atoms with Crippen molar-refractivity contribution in [3.05, 3.63) is 60.9 Å². The summed E-state index contributed by atoms with van der Waals surface area (Å²) in [5, 5.41) is 9.46. The van der Waals surface area contributed by atoms with E-state index in [2.05, 4.69) is 29.8 Å². The Morgan fingerprint density at radius 2 is 1.45 bits per heavy atom. The summed E-state index contributed by atoms with van der Waals surface area (Å²) in [6.07, 6.45) is 8.95. The molecule has 9 nitrogen and oxygen atoms in total. The van der Waals surface area contributed by atoms with Gasteiger partial charge >= 0.3 is 0 Å². The number of nitrogens with zero attached hydrogens (tertiary/aromatic N) is 6. The molecule has 3 N–H and O–H groups in total. The van der Waals surface area contributed by atoms with E-state index in [1.54, 1.807) is 6.33 Å². The van der Waals surface area contributed by atoms with E-state index >= 15 is 0 Å². The third kappa shape index (κ3) is 6.90. The number of piperidine rings is 3. The van der Waals surface area contributed by atoms with E-state index in [1.165, 1.54) is 58.4 Å². The molecule has 5 heterocycles. The highest BCUT2D eigenvalue weighted by molar-refractivity contribution is 5.98. The topological polar surface area (TPSA) is 97.4 Å². The molecule has 0 amide bonds. The average Bonchev–Trinajstić information content (AvgIpc) is 3.48. The number of anilines is 1. The van der Waals surface area contributed by atoms with Crippen LogP contribution in [0, 0.1) is 5.92 Å². The van der Waals surface area contributed by atoms with Crippen LogP contribution in [-0.2, 0) is 0 Å². The van der Waals surface area contributed by atoms with Gasteiger partial charge in [-0.25, -0.2) is 14.6 Å². The Labute approximate surface area is 261 Å². The van der Waals surface area contributed by atoms with Crippen molar-refractivity contribution >= 4 is 16.9 Å². The Hall–Kier alpha value is -3.53. The molecule has 0 radical (unpaired) electrons. The zero-order valence-electron chi connectivity index (χ0n) is 26.4. The number of likely N-dealkylation sites (tertiary alicyclic amines) is 2. The van der Waals surface area contributed by atoms with Crippen LogP contribution >= 0.6 is 0 Å². The van der Waals surface area contributed by atoms with E-state index in [0.29, 0.717) is 17.9 Å². The van der Waals surface area contributed by atoms with Crippen LogP contribution in [0.5, 0.6) is 11.5 Å². The van der Waals surface area contributed by atoms with Gasteiger partial charge in [0.1, 0.15) is 29.3 Å². The maximum atomic E-state index is 6.41. The van der Waals surface area contributed by atoms with E-state index in [0.717, 1.165) is 65.6 Å². The van der Waals surface area contributed by atoms with Gasteiger partial charge < -0.3 is 25.6 Å². The molecule has 7 rings (SSSR count). The summed E-state index contributed by atoms with van der Waals surface area (Å²) < 4.78 is 8.12.